The summed E-state index contributed by atoms with van der Waals surface area (Å²) in [5.41, 5.74) is 4.56. The number of hydrogen-bond donors (Lipinski definition) is 1. The molecule has 1 aliphatic rings. The smallest absolute Gasteiger partial charge is 0.252 e. The normalized spacial score (nSPS) is 14.7. The molecule has 0 aromatic heterocycles. The molecule has 3 aromatic rings. The molecule has 0 radical (unpaired) electrons. The fourth-order valence-electron chi connectivity index (χ4n) is 3.85. The van der Waals surface area contributed by atoms with Crippen LogP contribution in [0, 0.1) is 6.92 Å². The molecule has 1 saturated heterocycles. The van der Waals surface area contributed by atoms with Gasteiger partial charge in [-0.25, -0.2) is 0 Å². The average Bonchev–Trinajstić information content (AvgIpc) is 3.19. The van der Waals surface area contributed by atoms with E-state index in [1.54, 1.807) is 17.0 Å². The number of benzene rings is 3. The van der Waals surface area contributed by atoms with Crippen molar-refractivity contribution in [3.05, 3.63) is 101 Å². The summed E-state index contributed by atoms with van der Waals surface area (Å²) in [5, 5.41) is 3.19. The number of nitrogens with zero attached hydrogens (tertiary/aromatic N) is 1. The Morgan fingerprint density at radius 2 is 1.72 bits per heavy atom. The molecule has 1 aliphatic heterocycles. The van der Waals surface area contributed by atoms with Crippen molar-refractivity contribution in [3.8, 4) is 0 Å². The van der Waals surface area contributed by atoms with Crippen LogP contribution >= 0.6 is 0 Å². The van der Waals surface area contributed by atoms with Gasteiger partial charge >= 0.3 is 0 Å². The van der Waals surface area contributed by atoms with E-state index in [0.29, 0.717) is 18.5 Å². The minimum Gasteiger partial charge on any atom is -0.341 e. The van der Waals surface area contributed by atoms with Crippen molar-refractivity contribution in [1.82, 2.24) is 5.32 Å². The van der Waals surface area contributed by atoms with Crippen LogP contribution in [0.4, 0.5) is 5.69 Å². The molecule has 0 spiro atoms. The molecule has 1 heterocycles. The number of carbonyl (C=O) groups excluding carboxylic acids is 2. The Hall–Kier alpha value is -3.40. The third-order valence-corrected chi connectivity index (χ3v) is 5.40. The molecule has 4 rings (SSSR count). The van der Waals surface area contributed by atoms with Gasteiger partial charge in [0.05, 0.1) is 6.04 Å². The first kappa shape index (κ1) is 18.9. The van der Waals surface area contributed by atoms with Gasteiger partial charge in [0, 0.05) is 24.2 Å². The summed E-state index contributed by atoms with van der Waals surface area (Å²) >= 11 is 0. The van der Waals surface area contributed by atoms with Gasteiger partial charge in [0.2, 0.25) is 5.91 Å². The van der Waals surface area contributed by atoms with E-state index in [9.17, 15) is 9.59 Å². The number of aryl methyl sites for hydroxylation is 1. The maximum Gasteiger partial charge on any atom is 0.252 e. The largest absolute Gasteiger partial charge is 0.341 e. The van der Waals surface area contributed by atoms with E-state index in [1.165, 1.54) is 0 Å². The minimum atomic E-state index is -0.248. The summed E-state index contributed by atoms with van der Waals surface area (Å²) in [6.07, 6.45) is 1.43. The first-order valence-corrected chi connectivity index (χ1v) is 9.95. The lowest BCUT2D eigenvalue weighted by Crippen LogP contribution is -2.30. The van der Waals surface area contributed by atoms with Gasteiger partial charge < -0.3 is 10.2 Å². The molecule has 2 amide bonds. The molecule has 29 heavy (non-hydrogen) atoms. The Morgan fingerprint density at radius 3 is 2.45 bits per heavy atom. The number of amides is 2. The lowest BCUT2D eigenvalue weighted by molar-refractivity contribution is -0.117. The highest BCUT2D eigenvalue weighted by Gasteiger charge is 2.23. The van der Waals surface area contributed by atoms with Crippen LogP contribution in [0.15, 0.2) is 78.9 Å². The maximum atomic E-state index is 13.1. The molecule has 4 heteroatoms. The molecule has 4 nitrogen and oxygen atoms in total. The second-order valence-corrected chi connectivity index (χ2v) is 7.37. The first-order valence-electron chi connectivity index (χ1n) is 9.95. The van der Waals surface area contributed by atoms with Gasteiger partial charge in [0.1, 0.15) is 0 Å². The zero-order chi connectivity index (χ0) is 20.2. The van der Waals surface area contributed by atoms with Crippen LogP contribution in [0.3, 0.4) is 0 Å². The molecular weight excluding hydrogens is 360 g/mol. The number of nitrogens with one attached hydrogen (secondary N) is 1. The highest BCUT2D eigenvalue weighted by molar-refractivity contribution is 5.99. The lowest BCUT2D eigenvalue weighted by Gasteiger charge is -2.22. The fourth-order valence-corrected chi connectivity index (χ4v) is 3.85. The van der Waals surface area contributed by atoms with E-state index in [4.69, 9.17) is 0 Å². The van der Waals surface area contributed by atoms with Gasteiger partial charge in [-0.05, 0) is 48.2 Å². The van der Waals surface area contributed by atoms with Crippen LogP contribution in [0.2, 0.25) is 0 Å². The lowest BCUT2D eigenvalue weighted by atomic mass is 9.94. The molecular formula is C25H24N2O2. The van der Waals surface area contributed by atoms with Crippen molar-refractivity contribution in [2.24, 2.45) is 0 Å². The molecule has 0 saturated carbocycles. The molecule has 1 fully saturated rings. The molecule has 1 atom stereocenters. The summed E-state index contributed by atoms with van der Waals surface area (Å²) < 4.78 is 0. The molecule has 0 aliphatic carbocycles. The van der Waals surface area contributed by atoms with Crippen molar-refractivity contribution < 1.29 is 9.59 Å². The summed E-state index contributed by atoms with van der Waals surface area (Å²) in [6, 6.07) is 25.1. The molecule has 1 N–H and O–H groups in total. The SMILES string of the molecule is Cc1ccccc1[C@@H](NC(=O)c1cccc(N2CCCC2=O)c1)c1ccccc1. The summed E-state index contributed by atoms with van der Waals surface area (Å²) in [6.45, 7) is 2.76. The number of rotatable bonds is 5. The van der Waals surface area contributed by atoms with Crippen LogP contribution in [0.1, 0.15) is 45.9 Å². The number of anilines is 1. The third-order valence-electron chi connectivity index (χ3n) is 5.40. The third kappa shape index (κ3) is 4.06. The number of hydrogen-bond acceptors (Lipinski definition) is 2. The topological polar surface area (TPSA) is 49.4 Å². The van der Waals surface area contributed by atoms with E-state index < -0.39 is 0 Å². The minimum absolute atomic E-state index is 0.115. The molecule has 0 unspecified atom stereocenters. The maximum absolute atomic E-state index is 13.1. The van der Waals surface area contributed by atoms with Gasteiger partial charge in [-0.15, -0.1) is 0 Å². The van der Waals surface area contributed by atoms with Gasteiger partial charge in [-0.2, -0.15) is 0 Å². The highest BCUT2D eigenvalue weighted by Crippen LogP contribution is 2.26. The van der Waals surface area contributed by atoms with Crippen LogP contribution in [-0.4, -0.2) is 18.4 Å². The van der Waals surface area contributed by atoms with Crippen LogP contribution in [0.5, 0.6) is 0 Å². The van der Waals surface area contributed by atoms with Gasteiger partial charge in [-0.3, -0.25) is 9.59 Å². The van der Waals surface area contributed by atoms with Gasteiger partial charge in [0.25, 0.3) is 5.91 Å². The Kier molecular flexibility index (Phi) is 5.43. The van der Waals surface area contributed by atoms with Crippen molar-refractivity contribution in [1.29, 1.82) is 0 Å². The Labute approximate surface area is 171 Å². The summed E-state index contributed by atoms with van der Waals surface area (Å²) in [4.78, 5) is 27.0. The molecule has 3 aromatic carbocycles. The van der Waals surface area contributed by atoms with E-state index >= 15 is 0 Å². The van der Waals surface area contributed by atoms with Gasteiger partial charge in [-0.1, -0.05) is 60.7 Å². The standard InChI is InChI=1S/C25H24N2O2/c1-18-9-5-6-14-22(18)24(19-10-3-2-4-11-19)26-25(29)20-12-7-13-21(17-20)27-16-8-15-23(27)28/h2-7,9-14,17,24H,8,15-16H2,1H3,(H,26,29)/t24-/m0/s1. The van der Waals surface area contributed by atoms with E-state index in [-0.39, 0.29) is 17.9 Å². The van der Waals surface area contributed by atoms with Crippen molar-refractivity contribution in [3.63, 3.8) is 0 Å². The Balaban J connectivity index is 1.64. The van der Waals surface area contributed by atoms with Gasteiger partial charge in [0.15, 0.2) is 0 Å². The first-order chi connectivity index (χ1) is 14.1. The van der Waals surface area contributed by atoms with Crippen LogP contribution in [0.25, 0.3) is 0 Å². The predicted octanol–water partition coefficient (Wildman–Crippen LogP) is 4.64. The summed E-state index contributed by atoms with van der Waals surface area (Å²) in [7, 11) is 0. The fraction of sp³-hybridized carbons (Fsp3) is 0.200. The van der Waals surface area contributed by atoms with E-state index in [0.717, 1.165) is 28.8 Å². The average molecular weight is 384 g/mol. The Bertz CT molecular complexity index is 1030. The Morgan fingerprint density at radius 1 is 0.966 bits per heavy atom. The number of carbonyl (C=O) groups is 2. The monoisotopic (exact) mass is 384 g/mol. The van der Waals surface area contributed by atoms with Crippen molar-refractivity contribution in [2.45, 2.75) is 25.8 Å². The zero-order valence-corrected chi connectivity index (χ0v) is 16.5. The van der Waals surface area contributed by atoms with Crippen molar-refractivity contribution in [2.75, 3.05) is 11.4 Å². The quantitative estimate of drug-likeness (QED) is 0.697. The predicted molar refractivity (Wildman–Crippen MR) is 115 cm³/mol. The van der Waals surface area contributed by atoms with Crippen LogP contribution < -0.4 is 10.2 Å². The zero-order valence-electron chi connectivity index (χ0n) is 16.5. The van der Waals surface area contributed by atoms with Crippen molar-refractivity contribution >= 4 is 17.5 Å². The molecule has 146 valence electrons. The van der Waals surface area contributed by atoms with Crippen LogP contribution in [-0.2, 0) is 4.79 Å². The van der Waals surface area contributed by atoms with E-state index in [2.05, 4.69) is 18.3 Å². The second kappa shape index (κ2) is 8.31. The highest BCUT2D eigenvalue weighted by atomic mass is 16.2. The second-order valence-electron chi connectivity index (χ2n) is 7.37. The molecule has 0 bridgehead atoms. The summed E-state index contributed by atoms with van der Waals surface area (Å²) in [5.74, 6) is -0.0415. The van der Waals surface area contributed by atoms with E-state index in [1.807, 2.05) is 60.7 Å².